The molecular weight excluding hydrogens is 298 g/mol. The lowest BCUT2D eigenvalue weighted by Gasteiger charge is -2.27. The molecule has 2 aromatic heterocycles. The van der Waals surface area contributed by atoms with Crippen LogP contribution in [-0.2, 0) is 15.4 Å². The Bertz CT molecular complexity index is 707. The summed E-state index contributed by atoms with van der Waals surface area (Å²) in [5, 5.41) is 41.8. The van der Waals surface area contributed by atoms with Gasteiger partial charge in [0.05, 0.1) is 6.61 Å². The molecular formula is C11H13N5O6. The number of imidazole rings is 1. The summed E-state index contributed by atoms with van der Waals surface area (Å²) in [6.07, 6.45) is -1.77. The molecule has 0 aliphatic carbocycles. The second kappa shape index (κ2) is 5.23. The molecule has 0 unspecified atom stereocenters. The lowest BCUT2D eigenvalue weighted by Crippen LogP contribution is -2.45. The van der Waals surface area contributed by atoms with Crippen LogP contribution in [0.5, 0.6) is 0 Å². The number of anilines is 1. The van der Waals surface area contributed by atoms with Crippen molar-refractivity contribution in [1.82, 2.24) is 19.5 Å². The number of hydrogen-bond acceptors (Lipinski definition) is 9. The Morgan fingerprint density at radius 2 is 2.18 bits per heavy atom. The standard InChI is InChI=1S/C11H13N5O6/c17-1-5-7(19)8(20)11(21,22-5)16-3-14-6-9(15-4-18)12-2-13-10(6)16/h2-5,7-8,17,19-21H,1H2,(H,12,13,15,18)/t5-,7-,8-,11+/m1/s1. The molecule has 11 heteroatoms. The van der Waals surface area contributed by atoms with E-state index in [-0.39, 0.29) is 17.0 Å². The number of rotatable bonds is 4. The first-order valence-corrected chi connectivity index (χ1v) is 6.28. The largest absolute Gasteiger partial charge is 0.394 e. The molecule has 0 bridgehead atoms. The summed E-state index contributed by atoms with van der Waals surface area (Å²) < 4.78 is 6.14. The maximum Gasteiger partial charge on any atom is 0.286 e. The first kappa shape index (κ1) is 14.7. The Kier molecular flexibility index (Phi) is 3.50. The van der Waals surface area contributed by atoms with Crippen molar-refractivity contribution in [2.45, 2.75) is 24.2 Å². The average Bonchev–Trinajstić information content (AvgIpc) is 3.04. The molecule has 0 spiro atoms. The normalized spacial score (nSPS) is 31.5. The zero-order chi connectivity index (χ0) is 15.9. The van der Waals surface area contributed by atoms with Crippen LogP contribution in [0.15, 0.2) is 12.7 Å². The fraction of sp³-hybridized carbons (Fsp3) is 0.455. The maximum atomic E-state index is 10.5. The number of nitrogens with zero attached hydrogens (tertiary/aromatic N) is 4. The third kappa shape index (κ3) is 1.95. The van der Waals surface area contributed by atoms with Gasteiger partial charge in [-0.15, -0.1) is 0 Å². The molecule has 0 radical (unpaired) electrons. The number of ether oxygens (including phenoxy) is 1. The molecule has 1 amide bonds. The molecule has 11 nitrogen and oxygen atoms in total. The van der Waals surface area contributed by atoms with Crippen molar-refractivity contribution >= 4 is 23.4 Å². The molecule has 3 heterocycles. The first-order chi connectivity index (χ1) is 10.5. The lowest BCUT2D eigenvalue weighted by atomic mass is 10.1. The SMILES string of the molecule is O=CNc1ncnc2c1ncn2[C@@]1(O)O[C@H](CO)[C@@H](O)[C@H]1O. The number of amides is 1. The highest BCUT2D eigenvalue weighted by molar-refractivity contribution is 5.88. The monoisotopic (exact) mass is 311 g/mol. The Balaban J connectivity index is 2.11. The van der Waals surface area contributed by atoms with Crippen molar-refractivity contribution in [3.63, 3.8) is 0 Å². The van der Waals surface area contributed by atoms with E-state index in [1.807, 2.05) is 0 Å². The van der Waals surface area contributed by atoms with Crippen LogP contribution in [-0.4, -0.2) is 71.3 Å². The second-order valence-electron chi connectivity index (χ2n) is 4.70. The molecule has 118 valence electrons. The van der Waals surface area contributed by atoms with Crippen LogP contribution in [0.3, 0.4) is 0 Å². The molecule has 0 aromatic carbocycles. The minimum atomic E-state index is -2.37. The van der Waals surface area contributed by atoms with Gasteiger partial charge >= 0.3 is 0 Å². The van der Waals surface area contributed by atoms with E-state index < -0.39 is 30.8 Å². The fourth-order valence-corrected chi connectivity index (χ4v) is 2.36. The van der Waals surface area contributed by atoms with E-state index in [2.05, 4.69) is 20.3 Å². The van der Waals surface area contributed by atoms with Gasteiger partial charge in [0.1, 0.15) is 24.9 Å². The van der Waals surface area contributed by atoms with Crippen molar-refractivity contribution in [3.8, 4) is 0 Å². The molecule has 22 heavy (non-hydrogen) atoms. The Morgan fingerprint density at radius 1 is 1.41 bits per heavy atom. The van der Waals surface area contributed by atoms with Gasteiger partial charge in [-0.25, -0.2) is 15.0 Å². The smallest absolute Gasteiger partial charge is 0.286 e. The van der Waals surface area contributed by atoms with Crippen molar-refractivity contribution in [2.75, 3.05) is 11.9 Å². The molecule has 3 rings (SSSR count). The van der Waals surface area contributed by atoms with Crippen LogP contribution in [0.2, 0.25) is 0 Å². The topological polar surface area (TPSA) is 163 Å². The Labute approximate surface area is 122 Å². The van der Waals surface area contributed by atoms with Gasteiger partial charge in [-0.1, -0.05) is 0 Å². The maximum absolute atomic E-state index is 10.5. The lowest BCUT2D eigenvalue weighted by molar-refractivity contribution is -0.287. The molecule has 1 fully saturated rings. The molecule has 1 aliphatic heterocycles. The number of aliphatic hydroxyl groups excluding tert-OH is 3. The number of carbonyl (C=O) groups is 1. The number of hydrogen-bond donors (Lipinski definition) is 5. The molecule has 5 N–H and O–H groups in total. The van der Waals surface area contributed by atoms with Gasteiger partial charge < -0.3 is 30.5 Å². The predicted octanol–water partition coefficient (Wildman–Crippen LogP) is -2.89. The summed E-state index contributed by atoms with van der Waals surface area (Å²) in [7, 11) is 0. The van der Waals surface area contributed by atoms with Gasteiger partial charge in [0, 0.05) is 0 Å². The Morgan fingerprint density at radius 3 is 2.82 bits per heavy atom. The minimum Gasteiger partial charge on any atom is -0.394 e. The quantitative estimate of drug-likeness (QED) is 0.373. The summed E-state index contributed by atoms with van der Waals surface area (Å²) in [5.74, 6) is -2.26. The second-order valence-corrected chi connectivity index (χ2v) is 4.70. The van der Waals surface area contributed by atoms with Gasteiger partial charge in [0.25, 0.3) is 5.91 Å². The van der Waals surface area contributed by atoms with Crippen LogP contribution in [0.25, 0.3) is 11.2 Å². The highest BCUT2D eigenvalue weighted by atomic mass is 16.7. The van der Waals surface area contributed by atoms with E-state index in [1.165, 1.54) is 0 Å². The van der Waals surface area contributed by atoms with E-state index in [0.717, 1.165) is 17.2 Å². The van der Waals surface area contributed by atoms with E-state index in [0.29, 0.717) is 6.41 Å². The minimum absolute atomic E-state index is 0.0617. The molecule has 2 aromatic rings. The highest BCUT2D eigenvalue weighted by Crippen LogP contribution is 2.35. The van der Waals surface area contributed by atoms with Gasteiger partial charge in [-0.2, -0.15) is 0 Å². The summed E-state index contributed by atoms with van der Waals surface area (Å²) in [5.41, 5.74) is 0.215. The van der Waals surface area contributed by atoms with Crippen molar-refractivity contribution in [3.05, 3.63) is 12.7 Å². The molecule has 0 saturated carbocycles. The van der Waals surface area contributed by atoms with Crippen molar-refractivity contribution in [1.29, 1.82) is 0 Å². The zero-order valence-electron chi connectivity index (χ0n) is 11.1. The van der Waals surface area contributed by atoms with Crippen molar-refractivity contribution < 1.29 is 30.0 Å². The van der Waals surface area contributed by atoms with Crippen LogP contribution in [0, 0.1) is 0 Å². The molecule has 1 aliphatic rings. The summed E-state index contributed by atoms with van der Waals surface area (Å²) in [4.78, 5) is 22.2. The molecule has 4 atom stereocenters. The summed E-state index contributed by atoms with van der Waals surface area (Å²) in [6, 6.07) is 0. The van der Waals surface area contributed by atoms with Crippen LogP contribution in [0.1, 0.15) is 0 Å². The fourth-order valence-electron chi connectivity index (χ4n) is 2.36. The third-order valence-corrected chi connectivity index (χ3v) is 3.47. The number of aliphatic hydroxyl groups is 4. The Hall–Kier alpha value is -2.18. The van der Waals surface area contributed by atoms with Crippen LogP contribution >= 0.6 is 0 Å². The van der Waals surface area contributed by atoms with Crippen LogP contribution in [0.4, 0.5) is 5.82 Å². The predicted molar refractivity (Wildman–Crippen MR) is 69.2 cm³/mol. The number of aromatic nitrogens is 4. The van der Waals surface area contributed by atoms with E-state index in [9.17, 15) is 20.1 Å². The highest BCUT2D eigenvalue weighted by Gasteiger charge is 2.55. The van der Waals surface area contributed by atoms with Gasteiger partial charge in [0.2, 0.25) is 6.41 Å². The number of nitrogens with one attached hydrogen (secondary N) is 1. The summed E-state index contributed by atoms with van der Waals surface area (Å²) >= 11 is 0. The van der Waals surface area contributed by atoms with Crippen molar-refractivity contribution in [2.24, 2.45) is 0 Å². The van der Waals surface area contributed by atoms with Gasteiger partial charge in [-0.3, -0.25) is 9.36 Å². The van der Waals surface area contributed by atoms with E-state index in [4.69, 9.17) is 9.84 Å². The van der Waals surface area contributed by atoms with E-state index in [1.54, 1.807) is 0 Å². The van der Waals surface area contributed by atoms with Crippen LogP contribution < -0.4 is 5.32 Å². The first-order valence-electron chi connectivity index (χ1n) is 6.28. The third-order valence-electron chi connectivity index (χ3n) is 3.47. The van der Waals surface area contributed by atoms with Gasteiger partial charge in [0.15, 0.2) is 23.1 Å². The average molecular weight is 311 g/mol. The van der Waals surface area contributed by atoms with E-state index >= 15 is 0 Å². The number of fused-ring (bicyclic) bond motifs is 1. The molecule has 1 saturated heterocycles. The number of carbonyl (C=O) groups excluding carboxylic acids is 1. The van der Waals surface area contributed by atoms with Gasteiger partial charge in [-0.05, 0) is 0 Å². The zero-order valence-corrected chi connectivity index (χ0v) is 11.1. The summed E-state index contributed by atoms with van der Waals surface area (Å²) in [6.45, 7) is -0.597.